The summed E-state index contributed by atoms with van der Waals surface area (Å²) in [5.41, 5.74) is 3.10. The molecule has 2 aromatic rings. The van der Waals surface area contributed by atoms with Crippen molar-refractivity contribution in [3.8, 4) is 0 Å². The molecule has 0 bridgehead atoms. The van der Waals surface area contributed by atoms with Crippen LogP contribution in [0.4, 0.5) is 5.69 Å². The molecule has 3 nitrogen and oxygen atoms in total. The smallest absolute Gasteiger partial charge is 0.258 e. The van der Waals surface area contributed by atoms with Crippen LogP contribution >= 0.6 is 0 Å². The average molecular weight is 237 g/mol. The minimum Gasteiger partial charge on any atom is -0.258 e. The second-order valence-corrected chi connectivity index (χ2v) is 4.18. The molecule has 0 fully saturated rings. The second-order valence-electron chi connectivity index (χ2n) is 4.18. The maximum absolute atomic E-state index is 10.6. The molecule has 0 saturated heterocycles. The quantitative estimate of drug-likeness (QED) is 0.467. The van der Waals surface area contributed by atoms with E-state index >= 15 is 0 Å². The number of non-ortho nitro benzene ring substituents is 1. The highest BCUT2D eigenvalue weighted by Crippen LogP contribution is 2.25. The first-order valence-corrected chi connectivity index (χ1v) is 5.65. The molecule has 2 rings (SSSR count). The summed E-state index contributed by atoms with van der Waals surface area (Å²) in [5, 5.41) is 10.6. The lowest BCUT2D eigenvalue weighted by Gasteiger charge is -2.15. The lowest BCUT2D eigenvalue weighted by atomic mass is 9.74. The monoisotopic (exact) mass is 237 g/mol. The molecule has 1 atom stereocenters. The van der Waals surface area contributed by atoms with E-state index in [1.165, 1.54) is 12.1 Å². The number of nitro benzene ring substituents is 1. The Bertz CT molecular complexity index is 566. The van der Waals surface area contributed by atoms with Crippen LogP contribution in [0.5, 0.6) is 0 Å². The van der Waals surface area contributed by atoms with Crippen LogP contribution < -0.4 is 0 Å². The summed E-state index contributed by atoms with van der Waals surface area (Å²) in [4.78, 5) is 10.2. The van der Waals surface area contributed by atoms with Crippen molar-refractivity contribution in [1.29, 1.82) is 0 Å². The summed E-state index contributed by atoms with van der Waals surface area (Å²) in [6, 6.07) is 14.2. The van der Waals surface area contributed by atoms with E-state index in [1.807, 2.05) is 31.2 Å². The molecular formula is C14H12BNO2. The highest BCUT2D eigenvalue weighted by atomic mass is 16.6. The zero-order valence-electron chi connectivity index (χ0n) is 10.0. The Morgan fingerprint density at radius 1 is 1.11 bits per heavy atom. The van der Waals surface area contributed by atoms with Crippen molar-refractivity contribution in [3.63, 3.8) is 0 Å². The van der Waals surface area contributed by atoms with Crippen LogP contribution in [0.15, 0.2) is 48.5 Å². The van der Waals surface area contributed by atoms with Crippen molar-refractivity contribution in [2.75, 3.05) is 0 Å². The highest BCUT2D eigenvalue weighted by molar-refractivity contribution is 6.14. The van der Waals surface area contributed by atoms with Crippen molar-refractivity contribution in [3.05, 3.63) is 75.3 Å². The summed E-state index contributed by atoms with van der Waals surface area (Å²) in [6.45, 7) is 2.00. The Balaban J connectivity index is 2.32. The van der Waals surface area contributed by atoms with E-state index in [0.29, 0.717) is 0 Å². The van der Waals surface area contributed by atoms with Gasteiger partial charge in [0.1, 0.15) is 0 Å². The zero-order valence-corrected chi connectivity index (χ0v) is 10.0. The number of aryl methyl sites for hydroxylation is 1. The molecule has 0 saturated carbocycles. The van der Waals surface area contributed by atoms with E-state index in [0.717, 1.165) is 16.7 Å². The highest BCUT2D eigenvalue weighted by Gasteiger charge is 2.11. The molecule has 0 amide bonds. The molecule has 18 heavy (non-hydrogen) atoms. The molecule has 0 aliphatic rings. The molecule has 0 aliphatic carbocycles. The van der Waals surface area contributed by atoms with Crippen LogP contribution in [0.3, 0.4) is 0 Å². The van der Waals surface area contributed by atoms with Crippen molar-refractivity contribution < 1.29 is 4.92 Å². The predicted octanol–water partition coefficient (Wildman–Crippen LogP) is 3.16. The number of nitrogens with zero attached hydrogens (tertiary/aromatic N) is 1. The Kier molecular flexibility index (Phi) is 3.46. The van der Waals surface area contributed by atoms with Crippen LogP contribution in [0, 0.1) is 17.0 Å². The Hall–Kier alpha value is -2.10. The van der Waals surface area contributed by atoms with Crippen LogP contribution in [-0.4, -0.2) is 12.8 Å². The zero-order chi connectivity index (χ0) is 13.1. The molecule has 0 N–H and O–H groups in total. The molecular weight excluding hydrogens is 225 g/mol. The van der Waals surface area contributed by atoms with Crippen molar-refractivity contribution in [2.24, 2.45) is 0 Å². The van der Waals surface area contributed by atoms with Crippen LogP contribution in [0.1, 0.15) is 22.5 Å². The maximum atomic E-state index is 10.6. The minimum absolute atomic E-state index is 0.0794. The Morgan fingerprint density at radius 2 is 1.72 bits per heavy atom. The fourth-order valence-corrected chi connectivity index (χ4v) is 1.92. The van der Waals surface area contributed by atoms with Gasteiger partial charge in [-0.2, -0.15) is 0 Å². The van der Waals surface area contributed by atoms with E-state index in [-0.39, 0.29) is 11.5 Å². The molecule has 0 aliphatic heterocycles. The number of rotatable bonds is 3. The first kappa shape index (κ1) is 12.4. The van der Waals surface area contributed by atoms with Crippen molar-refractivity contribution >= 4 is 13.5 Å². The Morgan fingerprint density at radius 3 is 2.28 bits per heavy atom. The first-order chi connectivity index (χ1) is 8.59. The van der Waals surface area contributed by atoms with E-state index in [1.54, 1.807) is 12.1 Å². The molecule has 0 aromatic heterocycles. The fraction of sp³-hybridized carbons (Fsp3) is 0.143. The van der Waals surface area contributed by atoms with Gasteiger partial charge in [0, 0.05) is 12.1 Å². The minimum atomic E-state index is -0.414. The third-order valence-electron chi connectivity index (χ3n) is 2.99. The number of benzene rings is 2. The third-order valence-corrected chi connectivity index (χ3v) is 2.99. The maximum Gasteiger partial charge on any atom is 0.269 e. The molecule has 0 heterocycles. The lowest BCUT2D eigenvalue weighted by molar-refractivity contribution is -0.384. The van der Waals surface area contributed by atoms with Gasteiger partial charge in [-0.1, -0.05) is 36.4 Å². The van der Waals surface area contributed by atoms with Gasteiger partial charge in [0.2, 0.25) is 0 Å². The Labute approximate surface area is 107 Å². The van der Waals surface area contributed by atoms with E-state index < -0.39 is 4.92 Å². The van der Waals surface area contributed by atoms with E-state index in [2.05, 4.69) is 0 Å². The van der Waals surface area contributed by atoms with Gasteiger partial charge in [0.25, 0.3) is 5.69 Å². The molecule has 2 radical (unpaired) electrons. The predicted molar refractivity (Wildman–Crippen MR) is 71.9 cm³/mol. The van der Waals surface area contributed by atoms with Crippen LogP contribution in [0.25, 0.3) is 0 Å². The van der Waals surface area contributed by atoms with Crippen LogP contribution in [-0.2, 0) is 0 Å². The number of hydrogen-bond acceptors (Lipinski definition) is 2. The van der Waals surface area contributed by atoms with Gasteiger partial charge in [0.05, 0.1) is 12.8 Å². The molecule has 2 aromatic carbocycles. The van der Waals surface area contributed by atoms with Gasteiger partial charge < -0.3 is 0 Å². The van der Waals surface area contributed by atoms with Gasteiger partial charge in [-0.05, 0) is 29.4 Å². The summed E-state index contributed by atoms with van der Waals surface area (Å²) in [5.74, 6) is -0.257. The van der Waals surface area contributed by atoms with Crippen molar-refractivity contribution in [1.82, 2.24) is 0 Å². The van der Waals surface area contributed by atoms with E-state index in [9.17, 15) is 10.1 Å². The molecule has 0 spiro atoms. The number of hydrogen-bond donors (Lipinski definition) is 0. The van der Waals surface area contributed by atoms with Gasteiger partial charge >= 0.3 is 0 Å². The third kappa shape index (κ3) is 2.42. The van der Waals surface area contributed by atoms with E-state index in [4.69, 9.17) is 7.85 Å². The van der Waals surface area contributed by atoms with Gasteiger partial charge in [-0.3, -0.25) is 10.1 Å². The normalized spacial score (nSPS) is 12.1. The summed E-state index contributed by atoms with van der Waals surface area (Å²) >= 11 is 0. The fourth-order valence-electron chi connectivity index (χ4n) is 1.92. The lowest BCUT2D eigenvalue weighted by Crippen LogP contribution is -2.02. The SMILES string of the molecule is [B]C(c1ccc([N+](=O)[O-])cc1)c1ccccc1C. The van der Waals surface area contributed by atoms with Crippen molar-refractivity contribution in [2.45, 2.75) is 12.7 Å². The standard InChI is InChI=1S/C14H12BNO2/c1-10-4-2-3-5-13(10)14(15)11-6-8-12(9-7-11)16(17)18/h2-9,14H,1H3. The average Bonchev–Trinajstić information content (AvgIpc) is 2.38. The molecule has 88 valence electrons. The summed E-state index contributed by atoms with van der Waals surface area (Å²) in [7, 11) is 6.17. The topological polar surface area (TPSA) is 43.1 Å². The second kappa shape index (κ2) is 5.04. The number of nitro groups is 1. The summed E-state index contributed by atoms with van der Waals surface area (Å²) in [6.07, 6.45) is 0. The summed E-state index contributed by atoms with van der Waals surface area (Å²) < 4.78 is 0. The van der Waals surface area contributed by atoms with Crippen LogP contribution in [0.2, 0.25) is 0 Å². The largest absolute Gasteiger partial charge is 0.269 e. The van der Waals surface area contributed by atoms with Gasteiger partial charge in [-0.15, -0.1) is 0 Å². The van der Waals surface area contributed by atoms with Gasteiger partial charge in [0.15, 0.2) is 0 Å². The molecule has 4 heteroatoms. The molecule has 1 unspecified atom stereocenters. The first-order valence-electron chi connectivity index (χ1n) is 5.65. The van der Waals surface area contributed by atoms with Gasteiger partial charge in [-0.25, -0.2) is 0 Å².